The van der Waals surface area contributed by atoms with Crippen LogP contribution in [0.4, 0.5) is 0 Å². The lowest BCUT2D eigenvalue weighted by atomic mass is 10.1. The molecule has 0 aliphatic rings. The number of ether oxygens (including phenoxy) is 2. The summed E-state index contributed by atoms with van der Waals surface area (Å²) >= 11 is 0. The summed E-state index contributed by atoms with van der Waals surface area (Å²) in [7, 11) is 0. The normalized spacial score (nSPS) is 10.7. The third-order valence-electron chi connectivity index (χ3n) is 4.54. The number of unbranched alkanes of at least 4 members (excludes halogenated alkanes) is 3. The Morgan fingerprint density at radius 3 is 2.35 bits per heavy atom. The van der Waals surface area contributed by atoms with Gasteiger partial charge in [0, 0.05) is 17.5 Å². The number of carboxylic acid groups (broad SMARTS) is 1. The summed E-state index contributed by atoms with van der Waals surface area (Å²) in [5.41, 5.74) is -0.108. The van der Waals surface area contributed by atoms with Gasteiger partial charge in [0.15, 0.2) is 0 Å². The summed E-state index contributed by atoms with van der Waals surface area (Å²) in [6.07, 6.45) is 3.15. The molecule has 0 radical (unpaired) electrons. The van der Waals surface area contributed by atoms with Crippen molar-refractivity contribution in [2.75, 3.05) is 13.2 Å². The van der Waals surface area contributed by atoms with Gasteiger partial charge in [0.2, 0.25) is 0 Å². The van der Waals surface area contributed by atoms with Gasteiger partial charge in [-0.1, -0.05) is 0 Å². The molecule has 2 N–H and O–H groups in total. The van der Waals surface area contributed by atoms with Crippen molar-refractivity contribution >= 4 is 22.9 Å². The van der Waals surface area contributed by atoms with E-state index in [-0.39, 0.29) is 23.5 Å². The van der Waals surface area contributed by atoms with E-state index in [9.17, 15) is 19.5 Å². The van der Waals surface area contributed by atoms with Crippen LogP contribution in [-0.2, 0) is 4.74 Å². The number of aromatic carboxylic acids is 1. The Balaban J connectivity index is 1.33. The standard InChI is InChI=1S/C23H22O8/c24-18-12-16(22(26)27)11-17(13-18)23(28)30-10-4-2-1-3-9-29-19-7-5-15-6-8-21(25)31-20(15)14-19/h5-8,11-14,24H,1-4,9-10H2,(H,26,27). The van der Waals surface area contributed by atoms with Crippen LogP contribution in [0.1, 0.15) is 46.4 Å². The highest BCUT2D eigenvalue weighted by molar-refractivity contribution is 5.95. The van der Waals surface area contributed by atoms with E-state index >= 15 is 0 Å². The minimum Gasteiger partial charge on any atom is -0.508 e. The third-order valence-corrected chi connectivity index (χ3v) is 4.54. The SMILES string of the molecule is O=C(O)c1cc(O)cc(C(=O)OCCCCCCOc2ccc3ccc(=O)oc3c2)c1. The fourth-order valence-electron chi connectivity index (χ4n) is 2.98. The molecule has 2 aromatic carbocycles. The second-order valence-corrected chi connectivity index (χ2v) is 6.93. The molecule has 1 heterocycles. The predicted octanol–water partition coefficient (Wildman–Crippen LogP) is 3.99. The van der Waals surface area contributed by atoms with Gasteiger partial charge in [0.1, 0.15) is 17.1 Å². The molecule has 0 bridgehead atoms. The Morgan fingerprint density at radius 2 is 1.58 bits per heavy atom. The van der Waals surface area contributed by atoms with Crippen molar-refractivity contribution in [1.82, 2.24) is 0 Å². The molecule has 31 heavy (non-hydrogen) atoms. The maximum absolute atomic E-state index is 12.0. The first kappa shape index (κ1) is 21.9. The van der Waals surface area contributed by atoms with Crippen molar-refractivity contribution in [1.29, 1.82) is 0 Å². The maximum atomic E-state index is 12.0. The number of carboxylic acids is 1. The predicted molar refractivity (Wildman–Crippen MR) is 112 cm³/mol. The molecule has 3 rings (SSSR count). The number of fused-ring (bicyclic) bond motifs is 1. The molecule has 1 aromatic heterocycles. The number of phenols is 1. The summed E-state index contributed by atoms with van der Waals surface area (Å²) in [5.74, 6) is -1.59. The van der Waals surface area contributed by atoms with Crippen LogP contribution in [0.25, 0.3) is 11.0 Å². The van der Waals surface area contributed by atoms with E-state index < -0.39 is 17.6 Å². The van der Waals surface area contributed by atoms with Gasteiger partial charge in [-0.25, -0.2) is 14.4 Å². The molecule has 0 fully saturated rings. The first-order valence-corrected chi connectivity index (χ1v) is 9.83. The smallest absolute Gasteiger partial charge is 0.338 e. The number of hydrogen-bond acceptors (Lipinski definition) is 7. The van der Waals surface area contributed by atoms with Gasteiger partial charge in [0.25, 0.3) is 0 Å². The van der Waals surface area contributed by atoms with Gasteiger partial charge in [0.05, 0.1) is 24.3 Å². The van der Waals surface area contributed by atoms with Gasteiger partial charge in [-0.3, -0.25) is 0 Å². The maximum Gasteiger partial charge on any atom is 0.338 e. The fraction of sp³-hybridized carbons (Fsp3) is 0.261. The van der Waals surface area contributed by atoms with Crippen LogP contribution < -0.4 is 10.4 Å². The van der Waals surface area contributed by atoms with Crippen LogP contribution in [0.15, 0.2) is 57.7 Å². The molecular weight excluding hydrogens is 404 g/mol. The quantitative estimate of drug-likeness (QED) is 0.283. The van der Waals surface area contributed by atoms with Crippen molar-refractivity contribution in [2.45, 2.75) is 25.7 Å². The number of esters is 1. The summed E-state index contributed by atoms with van der Waals surface area (Å²) < 4.78 is 15.9. The number of benzene rings is 2. The molecule has 8 nitrogen and oxygen atoms in total. The van der Waals surface area contributed by atoms with E-state index in [0.29, 0.717) is 24.4 Å². The molecule has 0 amide bonds. The van der Waals surface area contributed by atoms with Crippen molar-refractivity contribution < 1.29 is 33.7 Å². The molecule has 0 saturated carbocycles. The fourth-order valence-corrected chi connectivity index (χ4v) is 2.98. The largest absolute Gasteiger partial charge is 0.508 e. The number of rotatable bonds is 10. The molecule has 162 valence electrons. The number of carbonyl (C=O) groups is 2. The van der Waals surface area contributed by atoms with Crippen LogP contribution in [0.3, 0.4) is 0 Å². The lowest BCUT2D eigenvalue weighted by Gasteiger charge is -2.08. The first-order chi connectivity index (χ1) is 14.9. The zero-order valence-electron chi connectivity index (χ0n) is 16.7. The van der Waals surface area contributed by atoms with Gasteiger partial charge < -0.3 is 24.1 Å². The summed E-state index contributed by atoms with van der Waals surface area (Å²) in [5, 5.41) is 19.3. The lowest BCUT2D eigenvalue weighted by molar-refractivity contribution is 0.0497. The Kier molecular flexibility index (Phi) is 7.26. The van der Waals surface area contributed by atoms with E-state index in [0.717, 1.165) is 30.7 Å². The molecular formula is C23H22O8. The Morgan fingerprint density at radius 1 is 0.871 bits per heavy atom. The van der Waals surface area contributed by atoms with E-state index in [1.807, 2.05) is 12.1 Å². The number of phenolic OH excluding ortho intramolecular Hbond substituents is 1. The number of carbonyl (C=O) groups excluding carboxylic acids is 1. The van der Waals surface area contributed by atoms with E-state index in [1.165, 1.54) is 18.2 Å². The summed E-state index contributed by atoms with van der Waals surface area (Å²) in [6, 6.07) is 11.8. The topological polar surface area (TPSA) is 123 Å². The Hall–Kier alpha value is -3.81. The van der Waals surface area contributed by atoms with Crippen LogP contribution in [-0.4, -0.2) is 35.4 Å². The highest BCUT2D eigenvalue weighted by atomic mass is 16.5. The molecule has 3 aromatic rings. The second kappa shape index (κ2) is 10.3. The first-order valence-electron chi connectivity index (χ1n) is 9.83. The average molecular weight is 426 g/mol. The van der Waals surface area contributed by atoms with Crippen molar-refractivity contribution in [3.63, 3.8) is 0 Å². The monoisotopic (exact) mass is 426 g/mol. The molecule has 0 aliphatic heterocycles. The average Bonchev–Trinajstić information content (AvgIpc) is 2.74. The third kappa shape index (κ3) is 6.33. The van der Waals surface area contributed by atoms with E-state index in [1.54, 1.807) is 12.1 Å². The zero-order chi connectivity index (χ0) is 22.2. The van der Waals surface area contributed by atoms with Gasteiger partial charge >= 0.3 is 17.6 Å². The molecule has 8 heteroatoms. The molecule has 0 atom stereocenters. The van der Waals surface area contributed by atoms with Crippen LogP contribution in [0.2, 0.25) is 0 Å². The minimum absolute atomic E-state index is 0.00276. The molecule has 0 aliphatic carbocycles. The van der Waals surface area contributed by atoms with Crippen molar-refractivity contribution in [2.24, 2.45) is 0 Å². The van der Waals surface area contributed by atoms with Crippen LogP contribution in [0, 0.1) is 0 Å². The molecule has 0 spiro atoms. The Bertz CT molecular complexity index is 1130. The van der Waals surface area contributed by atoms with Crippen molar-refractivity contribution in [3.05, 3.63) is 70.1 Å². The summed E-state index contributed by atoms with van der Waals surface area (Å²) in [4.78, 5) is 34.3. The molecule has 0 saturated heterocycles. The summed E-state index contributed by atoms with van der Waals surface area (Å²) in [6.45, 7) is 0.699. The van der Waals surface area contributed by atoms with E-state index in [4.69, 9.17) is 19.0 Å². The lowest BCUT2D eigenvalue weighted by Crippen LogP contribution is -2.08. The van der Waals surface area contributed by atoms with Crippen LogP contribution in [0.5, 0.6) is 11.5 Å². The number of aromatic hydroxyl groups is 1. The van der Waals surface area contributed by atoms with Crippen molar-refractivity contribution in [3.8, 4) is 11.5 Å². The van der Waals surface area contributed by atoms with Gasteiger partial charge in [-0.2, -0.15) is 0 Å². The number of hydrogen-bond donors (Lipinski definition) is 2. The van der Waals surface area contributed by atoms with Crippen LogP contribution >= 0.6 is 0 Å². The van der Waals surface area contributed by atoms with Gasteiger partial charge in [-0.15, -0.1) is 0 Å². The second-order valence-electron chi connectivity index (χ2n) is 6.93. The van der Waals surface area contributed by atoms with Gasteiger partial charge in [-0.05, 0) is 62.1 Å². The Labute approximate surface area is 177 Å². The highest BCUT2D eigenvalue weighted by Gasteiger charge is 2.13. The van der Waals surface area contributed by atoms with E-state index in [2.05, 4.69) is 0 Å². The minimum atomic E-state index is -1.24. The molecule has 0 unspecified atom stereocenters. The highest BCUT2D eigenvalue weighted by Crippen LogP contribution is 2.20. The zero-order valence-corrected chi connectivity index (χ0v) is 16.7.